The summed E-state index contributed by atoms with van der Waals surface area (Å²) >= 11 is 0. The van der Waals surface area contributed by atoms with E-state index in [1.807, 2.05) is 0 Å². The lowest BCUT2D eigenvalue weighted by atomic mass is 9.93. The summed E-state index contributed by atoms with van der Waals surface area (Å²) in [6.07, 6.45) is 0.921. The highest BCUT2D eigenvalue weighted by molar-refractivity contribution is 6.01. The van der Waals surface area contributed by atoms with Gasteiger partial charge in [-0.1, -0.05) is 6.07 Å². The van der Waals surface area contributed by atoms with E-state index in [0.29, 0.717) is 23.0 Å². The van der Waals surface area contributed by atoms with Gasteiger partial charge in [0, 0.05) is 29.2 Å². The maximum atomic E-state index is 13.5. The molecule has 6 nitrogen and oxygen atoms in total. The zero-order valence-electron chi connectivity index (χ0n) is 15.3. The van der Waals surface area contributed by atoms with Crippen molar-refractivity contribution in [1.29, 1.82) is 0 Å². The van der Waals surface area contributed by atoms with Crippen LogP contribution in [0.1, 0.15) is 31.2 Å². The van der Waals surface area contributed by atoms with Crippen LogP contribution in [-0.4, -0.2) is 37.5 Å². The van der Waals surface area contributed by atoms with E-state index < -0.39 is 29.2 Å². The summed E-state index contributed by atoms with van der Waals surface area (Å²) in [5.41, 5.74) is -1.47. The van der Waals surface area contributed by atoms with Gasteiger partial charge in [-0.25, -0.2) is 0 Å². The summed E-state index contributed by atoms with van der Waals surface area (Å²) in [5.74, 6) is -0.136. The monoisotopic (exact) mass is 404 g/mol. The Hall–Kier alpha value is -2.94. The van der Waals surface area contributed by atoms with E-state index >= 15 is 0 Å². The van der Waals surface area contributed by atoms with Gasteiger partial charge >= 0.3 is 6.18 Å². The van der Waals surface area contributed by atoms with Crippen LogP contribution in [0.15, 0.2) is 36.7 Å². The number of alkyl halides is 3. The lowest BCUT2D eigenvalue weighted by Crippen LogP contribution is -2.30. The van der Waals surface area contributed by atoms with Crippen LogP contribution in [0, 0.1) is 0 Å². The highest BCUT2D eigenvalue weighted by Gasteiger charge is 2.36. The first-order valence-corrected chi connectivity index (χ1v) is 9.29. The number of aliphatic hydroxyl groups is 1. The maximum absolute atomic E-state index is 13.5. The third kappa shape index (κ3) is 3.82. The number of nitrogens with one attached hydrogen (secondary N) is 1. The molecule has 2 heterocycles. The van der Waals surface area contributed by atoms with Crippen LogP contribution in [0.4, 0.5) is 19.0 Å². The molecular weight excluding hydrogens is 385 g/mol. The van der Waals surface area contributed by atoms with Crippen molar-refractivity contribution in [3.05, 3.63) is 42.2 Å². The van der Waals surface area contributed by atoms with Crippen LogP contribution >= 0.6 is 0 Å². The van der Waals surface area contributed by atoms with Crippen molar-refractivity contribution in [2.45, 2.75) is 44.0 Å². The molecule has 2 aromatic heterocycles. The Morgan fingerprint density at radius 2 is 1.90 bits per heavy atom. The molecule has 152 valence electrons. The van der Waals surface area contributed by atoms with Gasteiger partial charge in [0.05, 0.1) is 17.2 Å². The Labute approximate surface area is 164 Å². The summed E-state index contributed by atoms with van der Waals surface area (Å²) in [4.78, 5) is 4.07. The summed E-state index contributed by atoms with van der Waals surface area (Å²) < 4.78 is 40.6. The molecule has 0 aliphatic heterocycles. The number of anilines is 1. The molecular formula is C20H19F3N4O2. The van der Waals surface area contributed by atoms with Crippen molar-refractivity contribution in [3.8, 4) is 17.0 Å². The van der Waals surface area contributed by atoms with Crippen molar-refractivity contribution in [2.24, 2.45) is 0 Å². The van der Waals surface area contributed by atoms with E-state index in [1.165, 1.54) is 18.5 Å². The van der Waals surface area contributed by atoms with Crippen molar-refractivity contribution >= 4 is 16.6 Å². The van der Waals surface area contributed by atoms with Gasteiger partial charge in [-0.2, -0.15) is 13.2 Å². The van der Waals surface area contributed by atoms with Gasteiger partial charge in [-0.15, -0.1) is 10.2 Å². The number of aromatic hydroxyl groups is 1. The van der Waals surface area contributed by atoms with Crippen LogP contribution in [0.25, 0.3) is 22.0 Å². The number of halogens is 3. The van der Waals surface area contributed by atoms with E-state index in [-0.39, 0.29) is 11.7 Å². The number of hydrogen-bond donors (Lipinski definition) is 3. The van der Waals surface area contributed by atoms with Crippen LogP contribution in [-0.2, 0) is 6.18 Å². The lowest BCUT2D eigenvalue weighted by molar-refractivity contribution is -0.137. The van der Waals surface area contributed by atoms with E-state index in [2.05, 4.69) is 20.5 Å². The minimum absolute atomic E-state index is 0.0156. The molecule has 1 aliphatic rings. The Morgan fingerprint density at radius 3 is 2.66 bits per heavy atom. The first-order valence-electron chi connectivity index (χ1n) is 9.29. The third-order valence-electron chi connectivity index (χ3n) is 5.15. The molecule has 0 bridgehead atoms. The number of aromatic nitrogens is 3. The van der Waals surface area contributed by atoms with E-state index in [0.717, 1.165) is 31.4 Å². The quantitative estimate of drug-likeness (QED) is 0.608. The molecule has 3 N–H and O–H groups in total. The molecule has 0 saturated heterocycles. The van der Waals surface area contributed by atoms with Crippen LogP contribution in [0.2, 0.25) is 0 Å². The second-order valence-electron chi connectivity index (χ2n) is 7.18. The number of nitrogens with zero attached hydrogens (tertiary/aromatic N) is 3. The van der Waals surface area contributed by atoms with E-state index in [9.17, 15) is 23.4 Å². The molecule has 3 aromatic rings. The van der Waals surface area contributed by atoms with Gasteiger partial charge in [0.1, 0.15) is 11.4 Å². The first kappa shape index (κ1) is 19.4. The normalized spacial score (nSPS) is 20.0. The molecule has 4 rings (SSSR count). The second kappa shape index (κ2) is 7.47. The van der Waals surface area contributed by atoms with Gasteiger partial charge in [0.2, 0.25) is 0 Å². The number of pyridine rings is 1. The maximum Gasteiger partial charge on any atom is 0.417 e. The first-order chi connectivity index (χ1) is 13.8. The Kier molecular flexibility index (Phi) is 4.99. The van der Waals surface area contributed by atoms with Crippen molar-refractivity contribution in [1.82, 2.24) is 15.2 Å². The lowest BCUT2D eigenvalue weighted by Gasteiger charge is -2.27. The fraction of sp³-hybridized carbons (Fsp3) is 0.350. The average Bonchev–Trinajstić information content (AvgIpc) is 2.68. The number of rotatable bonds is 3. The van der Waals surface area contributed by atoms with Gasteiger partial charge in [-0.05, 0) is 43.9 Å². The Balaban J connectivity index is 1.83. The smallest absolute Gasteiger partial charge is 0.417 e. The molecule has 29 heavy (non-hydrogen) atoms. The minimum Gasteiger partial charge on any atom is -0.507 e. The zero-order valence-corrected chi connectivity index (χ0v) is 15.3. The minimum atomic E-state index is -4.66. The van der Waals surface area contributed by atoms with E-state index in [1.54, 1.807) is 6.07 Å². The van der Waals surface area contributed by atoms with Gasteiger partial charge in [0.15, 0.2) is 5.82 Å². The van der Waals surface area contributed by atoms with Crippen LogP contribution in [0.3, 0.4) is 0 Å². The molecule has 0 spiro atoms. The number of hydrogen-bond acceptors (Lipinski definition) is 6. The van der Waals surface area contributed by atoms with Crippen LogP contribution in [0.5, 0.6) is 5.75 Å². The molecule has 1 saturated carbocycles. The summed E-state index contributed by atoms with van der Waals surface area (Å²) in [6.45, 7) is 0. The Morgan fingerprint density at radius 1 is 1.07 bits per heavy atom. The molecule has 1 aromatic carbocycles. The number of phenolic OH excluding ortho intramolecular Hbond substituents is 1. The molecule has 2 atom stereocenters. The van der Waals surface area contributed by atoms with Crippen LogP contribution < -0.4 is 5.32 Å². The van der Waals surface area contributed by atoms with Gasteiger partial charge < -0.3 is 15.5 Å². The Bertz CT molecular complexity index is 1040. The SMILES string of the molecule is Oc1cccc(C(F)(F)F)c1-c1nnc(NC2CCCC(O)C2)c2cnccc12. The molecule has 2 unspecified atom stereocenters. The van der Waals surface area contributed by atoms with Crippen molar-refractivity contribution < 1.29 is 23.4 Å². The molecule has 0 radical (unpaired) electrons. The topological polar surface area (TPSA) is 91.2 Å². The fourth-order valence-electron chi connectivity index (χ4n) is 3.80. The van der Waals surface area contributed by atoms with E-state index in [4.69, 9.17) is 0 Å². The number of fused-ring (bicyclic) bond motifs is 1. The average molecular weight is 404 g/mol. The zero-order chi connectivity index (χ0) is 20.6. The van der Waals surface area contributed by atoms with Crippen molar-refractivity contribution in [3.63, 3.8) is 0 Å². The molecule has 0 amide bonds. The second-order valence-corrected chi connectivity index (χ2v) is 7.18. The summed E-state index contributed by atoms with van der Waals surface area (Å²) in [5, 5.41) is 32.3. The highest BCUT2D eigenvalue weighted by atomic mass is 19.4. The van der Waals surface area contributed by atoms with Gasteiger partial charge in [-0.3, -0.25) is 4.98 Å². The van der Waals surface area contributed by atoms with Crippen molar-refractivity contribution in [2.75, 3.05) is 5.32 Å². The molecule has 9 heteroatoms. The fourth-order valence-corrected chi connectivity index (χ4v) is 3.80. The largest absolute Gasteiger partial charge is 0.507 e. The predicted octanol–water partition coefficient (Wildman–Crippen LogP) is 4.13. The molecule has 1 fully saturated rings. The highest BCUT2D eigenvalue weighted by Crippen LogP contribution is 2.43. The summed E-state index contributed by atoms with van der Waals surface area (Å²) in [7, 11) is 0. The standard InChI is InChI=1S/C20H19F3N4O2/c21-20(22,23)15-5-2-6-16(29)17(15)18-13-7-8-24-10-14(13)19(27-26-18)25-11-3-1-4-12(28)9-11/h2,5-8,10-12,28-29H,1,3-4,9H2,(H,25,27). The number of aliphatic hydroxyl groups excluding tert-OH is 1. The van der Waals surface area contributed by atoms with Gasteiger partial charge in [0.25, 0.3) is 0 Å². The number of benzene rings is 1. The summed E-state index contributed by atoms with van der Waals surface area (Å²) in [6, 6.07) is 4.77. The third-order valence-corrected chi connectivity index (χ3v) is 5.15. The predicted molar refractivity (Wildman–Crippen MR) is 101 cm³/mol. The molecule has 1 aliphatic carbocycles. The number of phenols is 1.